The van der Waals surface area contributed by atoms with Crippen LogP contribution in [0, 0.1) is 0 Å². The first kappa shape index (κ1) is 18.0. The van der Waals surface area contributed by atoms with Crippen LogP contribution in [0.1, 0.15) is 40.7 Å². The van der Waals surface area contributed by atoms with Gasteiger partial charge in [0, 0.05) is 36.9 Å². The Bertz CT molecular complexity index is 963. The van der Waals surface area contributed by atoms with E-state index in [0.29, 0.717) is 43.4 Å². The molecule has 8 nitrogen and oxygen atoms in total. The lowest BCUT2D eigenvalue weighted by molar-refractivity contribution is 0.0794. The molecule has 9 heteroatoms. The molecule has 1 N–H and O–H groups in total. The molecule has 2 aliphatic heterocycles. The maximum atomic E-state index is 12.6. The number of oxazole rings is 1. The van der Waals surface area contributed by atoms with E-state index in [1.54, 1.807) is 18.2 Å². The number of hydrogen-bond donors (Lipinski definition) is 1. The predicted molar refractivity (Wildman–Crippen MR) is 99.6 cm³/mol. The van der Waals surface area contributed by atoms with Gasteiger partial charge in [0.05, 0.1) is 11.9 Å². The van der Waals surface area contributed by atoms with Crippen molar-refractivity contribution in [1.82, 2.24) is 4.98 Å². The third kappa shape index (κ3) is 3.57. The number of anilines is 2. The Morgan fingerprint density at radius 1 is 1.30 bits per heavy atom. The highest BCUT2D eigenvalue weighted by atomic mass is 32.2. The van der Waals surface area contributed by atoms with Crippen LogP contribution in [0.5, 0.6) is 0 Å². The number of hydrogen-bond acceptors (Lipinski definition) is 6. The number of nitrogens with zero attached hydrogens (tertiary/aromatic N) is 2. The summed E-state index contributed by atoms with van der Waals surface area (Å²) in [6.45, 7) is 1.71. The summed E-state index contributed by atoms with van der Waals surface area (Å²) in [5, 5.41) is 2.84. The van der Waals surface area contributed by atoms with Crippen molar-refractivity contribution in [3.8, 4) is 0 Å². The van der Waals surface area contributed by atoms with Crippen molar-refractivity contribution in [2.45, 2.75) is 25.2 Å². The Kier molecular flexibility index (Phi) is 4.65. The molecular weight excluding hydrogens is 370 g/mol. The maximum absolute atomic E-state index is 12.6. The maximum Gasteiger partial charge on any atom is 0.277 e. The first-order chi connectivity index (χ1) is 12.9. The molecule has 1 amide bonds. The quantitative estimate of drug-likeness (QED) is 0.857. The Morgan fingerprint density at radius 2 is 2.07 bits per heavy atom. The second-order valence-corrected chi connectivity index (χ2v) is 8.71. The summed E-state index contributed by atoms with van der Waals surface area (Å²) in [4.78, 5) is 16.9. The Balaban J connectivity index is 1.53. The molecule has 27 heavy (non-hydrogen) atoms. The van der Waals surface area contributed by atoms with E-state index in [-0.39, 0.29) is 17.5 Å². The molecule has 3 heterocycles. The van der Waals surface area contributed by atoms with Gasteiger partial charge in [-0.2, -0.15) is 0 Å². The minimum absolute atomic E-state index is 0.171. The first-order valence-electron chi connectivity index (χ1n) is 8.87. The fraction of sp³-hybridized carbons (Fsp3) is 0.444. The SMILES string of the molecule is CS(=O)(=O)N1CCc2c(NC(=O)c3coc(C4CCOCC4)n3)cccc21. The second kappa shape index (κ2) is 6.97. The number of aromatic nitrogens is 1. The molecule has 144 valence electrons. The number of benzene rings is 1. The van der Waals surface area contributed by atoms with Gasteiger partial charge in [0.1, 0.15) is 6.26 Å². The van der Waals surface area contributed by atoms with Gasteiger partial charge in [-0.15, -0.1) is 0 Å². The largest absolute Gasteiger partial charge is 0.448 e. The van der Waals surface area contributed by atoms with Crippen molar-refractivity contribution >= 4 is 27.3 Å². The molecule has 0 spiro atoms. The summed E-state index contributed by atoms with van der Waals surface area (Å²) >= 11 is 0. The summed E-state index contributed by atoms with van der Waals surface area (Å²) in [5.41, 5.74) is 2.23. The zero-order valence-electron chi connectivity index (χ0n) is 15.0. The summed E-state index contributed by atoms with van der Waals surface area (Å²) in [7, 11) is -3.34. The first-order valence-corrected chi connectivity index (χ1v) is 10.7. The highest BCUT2D eigenvalue weighted by Crippen LogP contribution is 2.35. The fourth-order valence-corrected chi connectivity index (χ4v) is 4.53. The van der Waals surface area contributed by atoms with Crippen molar-refractivity contribution in [1.29, 1.82) is 0 Å². The van der Waals surface area contributed by atoms with Gasteiger partial charge in [-0.05, 0) is 31.4 Å². The lowest BCUT2D eigenvalue weighted by atomic mass is 10.0. The van der Waals surface area contributed by atoms with E-state index in [0.717, 1.165) is 18.4 Å². The minimum atomic E-state index is -3.34. The van der Waals surface area contributed by atoms with Gasteiger partial charge in [-0.25, -0.2) is 13.4 Å². The molecule has 2 aliphatic rings. The smallest absolute Gasteiger partial charge is 0.277 e. The van der Waals surface area contributed by atoms with E-state index in [1.165, 1.54) is 16.8 Å². The van der Waals surface area contributed by atoms with Crippen LogP contribution in [-0.4, -0.2) is 45.3 Å². The summed E-state index contributed by atoms with van der Waals surface area (Å²) < 4.78 is 36.0. The number of carbonyl (C=O) groups is 1. The van der Waals surface area contributed by atoms with Crippen molar-refractivity contribution in [3.63, 3.8) is 0 Å². The predicted octanol–water partition coefficient (Wildman–Crippen LogP) is 2.14. The number of carbonyl (C=O) groups excluding carboxylic acids is 1. The monoisotopic (exact) mass is 391 g/mol. The number of nitrogens with one attached hydrogen (secondary N) is 1. The van der Waals surface area contributed by atoms with E-state index < -0.39 is 10.0 Å². The van der Waals surface area contributed by atoms with Gasteiger partial charge >= 0.3 is 0 Å². The van der Waals surface area contributed by atoms with Crippen LogP contribution in [0.15, 0.2) is 28.9 Å². The molecule has 0 aliphatic carbocycles. The van der Waals surface area contributed by atoms with Gasteiger partial charge in [0.2, 0.25) is 10.0 Å². The van der Waals surface area contributed by atoms with Crippen LogP contribution in [0.3, 0.4) is 0 Å². The Hall–Kier alpha value is -2.39. The van der Waals surface area contributed by atoms with E-state index >= 15 is 0 Å². The summed E-state index contributed by atoms with van der Waals surface area (Å²) in [5.74, 6) is 0.359. The lowest BCUT2D eigenvalue weighted by Crippen LogP contribution is -2.27. The van der Waals surface area contributed by atoms with Gasteiger partial charge in [-0.3, -0.25) is 9.10 Å². The topological polar surface area (TPSA) is 102 Å². The van der Waals surface area contributed by atoms with Crippen LogP contribution < -0.4 is 9.62 Å². The summed E-state index contributed by atoms with van der Waals surface area (Å²) in [6, 6.07) is 5.24. The normalized spacial score (nSPS) is 17.7. The van der Waals surface area contributed by atoms with Crippen molar-refractivity contribution < 1.29 is 22.4 Å². The number of sulfonamides is 1. The summed E-state index contributed by atoms with van der Waals surface area (Å²) in [6.07, 6.45) is 4.75. The van der Waals surface area contributed by atoms with Gasteiger partial charge in [0.15, 0.2) is 11.6 Å². The third-order valence-electron chi connectivity index (χ3n) is 4.96. The molecule has 0 radical (unpaired) electrons. The molecular formula is C18H21N3O5S. The Morgan fingerprint density at radius 3 is 2.81 bits per heavy atom. The molecule has 1 aromatic heterocycles. The van der Waals surface area contributed by atoms with Crippen molar-refractivity contribution in [2.24, 2.45) is 0 Å². The highest BCUT2D eigenvalue weighted by Gasteiger charge is 2.29. The average molecular weight is 391 g/mol. The number of ether oxygens (including phenoxy) is 1. The van der Waals surface area contributed by atoms with E-state index in [4.69, 9.17) is 9.15 Å². The van der Waals surface area contributed by atoms with Crippen LogP contribution in [0.25, 0.3) is 0 Å². The van der Waals surface area contributed by atoms with Gasteiger partial charge in [0.25, 0.3) is 5.91 Å². The van der Waals surface area contributed by atoms with Crippen molar-refractivity contribution in [2.75, 3.05) is 35.6 Å². The van der Waals surface area contributed by atoms with E-state index in [9.17, 15) is 13.2 Å². The van der Waals surface area contributed by atoms with E-state index in [1.807, 2.05) is 0 Å². The average Bonchev–Trinajstić information content (AvgIpc) is 3.30. The standard InChI is InChI=1S/C18H21N3O5S/c1-27(23,24)21-8-5-13-14(3-2-4-16(13)21)19-17(22)15-11-26-18(20-15)12-6-9-25-10-7-12/h2-4,11-12H,5-10H2,1H3,(H,19,22). The van der Waals surface area contributed by atoms with Gasteiger partial charge < -0.3 is 14.5 Å². The second-order valence-electron chi connectivity index (χ2n) is 6.80. The molecule has 0 atom stereocenters. The highest BCUT2D eigenvalue weighted by molar-refractivity contribution is 7.92. The number of fused-ring (bicyclic) bond motifs is 1. The lowest BCUT2D eigenvalue weighted by Gasteiger charge is -2.18. The van der Waals surface area contributed by atoms with Crippen LogP contribution in [-0.2, 0) is 21.2 Å². The minimum Gasteiger partial charge on any atom is -0.448 e. The van der Waals surface area contributed by atoms with Crippen LogP contribution in [0.4, 0.5) is 11.4 Å². The zero-order valence-corrected chi connectivity index (χ0v) is 15.8. The number of rotatable bonds is 4. The molecule has 1 fully saturated rings. The van der Waals surface area contributed by atoms with Crippen LogP contribution >= 0.6 is 0 Å². The Labute approximate surface area is 157 Å². The fourth-order valence-electron chi connectivity index (χ4n) is 3.58. The molecule has 1 saturated heterocycles. The molecule has 0 saturated carbocycles. The molecule has 4 rings (SSSR count). The molecule has 2 aromatic rings. The molecule has 1 aromatic carbocycles. The zero-order chi connectivity index (χ0) is 19.0. The molecule has 0 unspecified atom stereocenters. The number of amides is 1. The van der Waals surface area contributed by atoms with Crippen LogP contribution in [0.2, 0.25) is 0 Å². The van der Waals surface area contributed by atoms with E-state index in [2.05, 4.69) is 10.3 Å². The van der Waals surface area contributed by atoms with Gasteiger partial charge in [-0.1, -0.05) is 6.07 Å². The molecule has 0 bridgehead atoms. The third-order valence-corrected chi connectivity index (χ3v) is 6.14. The van der Waals surface area contributed by atoms with Crippen molar-refractivity contribution in [3.05, 3.63) is 41.6 Å².